The maximum Gasteiger partial charge on any atom is 0.241 e. The van der Waals surface area contributed by atoms with Crippen molar-refractivity contribution in [3.63, 3.8) is 0 Å². The molecule has 5 heteroatoms. The summed E-state index contributed by atoms with van der Waals surface area (Å²) in [4.78, 5) is 29.0. The molecule has 0 radical (unpaired) electrons. The second kappa shape index (κ2) is 9.49. The van der Waals surface area contributed by atoms with Crippen LogP contribution in [0.5, 0.6) is 0 Å². The third kappa shape index (κ3) is 4.84. The number of para-hydroxylation sites is 1. The molecule has 0 unspecified atom stereocenters. The van der Waals surface area contributed by atoms with Gasteiger partial charge in [0, 0.05) is 11.4 Å². The van der Waals surface area contributed by atoms with Gasteiger partial charge in [-0.2, -0.15) is 0 Å². The number of thioether (sulfide) groups is 1. The largest absolute Gasteiger partial charge is 0.356 e. The van der Waals surface area contributed by atoms with E-state index >= 15 is 0 Å². The summed E-state index contributed by atoms with van der Waals surface area (Å²) in [5.41, 5.74) is 4.41. The van der Waals surface area contributed by atoms with Crippen LogP contribution in [0.2, 0.25) is 0 Å². The van der Waals surface area contributed by atoms with Gasteiger partial charge < -0.3 is 10.2 Å². The Labute approximate surface area is 178 Å². The number of carbonyl (C=O) groups excluding carboxylic acids is 2. The number of benzene rings is 2. The van der Waals surface area contributed by atoms with Crippen LogP contribution in [-0.2, 0) is 16.1 Å². The molecule has 0 aromatic heterocycles. The van der Waals surface area contributed by atoms with E-state index in [9.17, 15) is 9.59 Å². The quantitative estimate of drug-likeness (QED) is 0.663. The minimum absolute atomic E-state index is 0.00717. The number of amides is 2. The highest BCUT2D eigenvalue weighted by Gasteiger charge is 2.39. The molecule has 2 atom stereocenters. The number of unbranched alkanes of at least 4 members (excludes halogenated alkanes) is 1. The number of rotatable bonds is 7. The Kier molecular flexibility index (Phi) is 7.01. The van der Waals surface area contributed by atoms with Crippen LogP contribution >= 0.6 is 11.8 Å². The molecule has 2 amide bonds. The highest BCUT2D eigenvalue weighted by atomic mass is 32.2. The smallest absolute Gasteiger partial charge is 0.241 e. The number of aryl methyl sites for hydroxylation is 2. The third-order valence-electron chi connectivity index (χ3n) is 5.45. The Balaban J connectivity index is 1.88. The molecule has 1 aliphatic rings. The molecule has 2 aromatic carbocycles. The lowest BCUT2D eigenvalue weighted by Gasteiger charge is -2.36. The Hall–Kier alpha value is -2.27. The van der Waals surface area contributed by atoms with Gasteiger partial charge in [0.25, 0.3) is 0 Å². The number of hydrogen-bond donors (Lipinski definition) is 1. The van der Waals surface area contributed by atoms with Crippen LogP contribution in [0.4, 0.5) is 5.69 Å². The van der Waals surface area contributed by atoms with Crippen molar-refractivity contribution >= 4 is 29.3 Å². The van der Waals surface area contributed by atoms with Crippen molar-refractivity contribution in [1.82, 2.24) is 5.32 Å². The summed E-state index contributed by atoms with van der Waals surface area (Å²) in [6, 6.07) is 14.3. The summed E-state index contributed by atoms with van der Waals surface area (Å²) in [5.74, 6) is -0.429. The van der Waals surface area contributed by atoms with Gasteiger partial charge in [-0.1, -0.05) is 56.2 Å². The van der Waals surface area contributed by atoms with Crippen LogP contribution in [0.25, 0.3) is 0 Å². The lowest BCUT2D eigenvalue weighted by Crippen LogP contribution is -2.47. The molecule has 1 heterocycles. The zero-order valence-corrected chi connectivity index (χ0v) is 18.5. The van der Waals surface area contributed by atoms with Gasteiger partial charge in [-0.25, -0.2) is 0 Å². The molecular formula is C24H30N2O2S. The maximum absolute atomic E-state index is 13.5. The van der Waals surface area contributed by atoms with E-state index in [2.05, 4.69) is 44.3 Å². The average molecular weight is 411 g/mol. The van der Waals surface area contributed by atoms with Gasteiger partial charge in [0.1, 0.15) is 5.25 Å². The van der Waals surface area contributed by atoms with E-state index in [0.717, 1.165) is 29.0 Å². The average Bonchev–Trinajstić information content (AvgIpc) is 2.72. The molecule has 1 aliphatic heterocycles. The fourth-order valence-electron chi connectivity index (χ4n) is 3.55. The summed E-state index contributed by atoms with van der Waals surface area (Å²) in [6.07, 6.45) is 1.98. The predicted molar refractivity (Wildman–Crippen MR) is 120 cm³/mol. The Bertz CT molecular complexity index is 896. The zero-order chi connectivity index (χ0) is 21.0. The summed E-state index contributed by atoms with van der Waals surface area (Å²) in [6.45, 7) is 9.28. The second-order valence-corrected chi connectivity index (χ2v) is 8.98. The van der Waals surface area contributed by atoms with Crippen molar-refractivity contribution in [3.05, 3.63) is 59.2 Å². The van der Waals surface area contributed by atoms with E-state index in [4.69, 9.17) is 0 Å². The minimum atomic E-state index is -0.420. The predicted octanol–water partition coefficient (Wildman–Crippen LogP) is 4.86. The van der Waals surface area contributed by atoms with E-state index in [1.807, 2.05) is 36.1 Å². The van der Waals surface area contributed by atoms with Crippen molar-refractivity contribution in [1.29, 1.82) is 0 Å². The number of anilines is 1. The number of hydrogen-bond acceptors (Lipinski definition) is 3. The summed E-state index contributed by atoms with van der Waals surface area (Å²) in [7, 11) is 0. The SMILES string of the molecule is CCCCNC(=O)[C@@H](C)[C@H]1Sc2ccccc2N(Cc2cc(C)ccc2C)C1=O. The van der Waals surface area contributed by atoms with Gasteiger partial charge >= 0.3 is 0 Å². The van der Waals surface area contributed by atoms with E-state index in [0.29, 0.717) is 13.1 Å². The van der Waals surface area contributed by atoms with E-state index in [1.165, 1.54) is 22.9 Å². The molecule has 0 fully saturated rings. The van der Waals surface area contributed by atoms with Crippen molar-refractivity contribution in [2.45, 2.75) is 57.2 Å². The molecule has 1 N–H and O–H groups in total. The Morgan fingerprint density at radius 3 is 2.72 bits per heavy atom. The van der Waals surface area contributed by atoms with Crippen molar-refractivity contribution in [2.75, 3.05) is 11.4 Å². The van der Waals surface area contributed by atoms with Crippen LogP contribution in [0, 0.1) is 19.8 Å². The first-order valence-electron chi connectivity index (χ1n) is 10.3. The first-order valence-corrected chi connectivity index (χ1v) is 11.2. The molecular weight excluding hydrogens is 380 g/mol. The van der Waals surface area contributed by atoms with Crippen LogP contribution in [0.1, 0.15) is 43.4 Å². The Morgan fingerprint density at radius 1 is 1.21 bits per heavy atom. The lowest BCUT2D eigenvalue weighted by atomic mass is 10.0. The van der Waals surface area contributed by atoms with Crippen LogP contribution in [0.3, 0.4) is 0 Å². The molecule has 0 saturated heterocycles. The number of carbonyl (C=O) groups is 2. The lowest BCUT2D eigenvalue weighted by molar-refractivity contribution is -0.128. The van der Waals surface area contributed by atoms with Gasteiger partial charge in [-0.15, -0.1) is 11.8 Å². The van der Waals surface area contributed by atoms with Crippen molar-refractivity contribution in [2.24, 2.45) is 5.92 Å². The highest BCUT2D eigenvalue weighted by Crippen LogP contribution is 2.42. The second-order valence-electron chi connectivity index (χ2n) is 7.79. The van der Waals surface area contributed by atoms with E-state index in [1.54, 1.807) is 0 Å². The van der Waals surface area contributed by atoms with Gasteiger partial charge in [0.05, 0.1) is 18.2 Å². The maximum atomic E-state index is 13.5. The molecule has 2 aromatic rings. The fraction of sp³-hybridized carbons (Fsp3) is 0.417. The molecule has 4 nitrogen and oxygen atoms in total. The number of nitrogens with zero attached hydrogens (tertiary/aromatic N) is 1. The van der Waals surface area contributed by atoms with Gasteiger partial charge in [0.2, 0.25) is 11.8 Å². The number of fused-ring (bicyclic) bond motifs is 1. The summed E-state index contributed by atoms with van der Waals surface area (Å²) >= 11 is 1.51. The Morgan fingerprint density at radius 2 is 1.97 bits per heavy atom. The van der Waals surface area contributed by atoms with Crippen LogP contribution in [-0.4, -0.2) is 23.6 Å². The zero-order valence-electron chi connectivity index (χ0n) is 17.7. The minimum Gasteiger partial charge on any atom is -0.356 e. The summed E-state index contributed by atoms with van der Waals surface area (Å²) in [5, 5.41) is 2.56. The first kappa shape index (κ1) is 21.4. The standard InChI is InChI=1S/C24H30N2O2S/c1-5-6-13-25-23(27)18(4)22-24(28)26(20-9-7-8-10-21(20)29-22)15-19-14-16(2)11-12-17(19)3/h7-12,14,18,22H,5-6,13,15H2,1-4H3,(H,25,27)/t18-,22+/m0/s1. The van der Waals surface area contributed by atoms with Crippen molar-refractivity contribution < 1.29 is 9.59 Å². The van der Waals surface area contributed by atoms with Gasteiger partial charge in [-0.05, 0) is 43.5 Å². The fourth-order valence-corrected chi connectivity index (χ4v) is 4.83. The first-order chi connectivity index (χ1) is 13.9. The molecule has 154 valence electrons. The number of nitrogens with one attached hydrogen (secondary N) is 1. The van der Waals surface area contributed by atoms with Gasteiger partial charge in [-0.3, -0.25) is 9.59 Å². The molecule has 0 spiro atoms. The summed E-state index contributed by atoms with van der Waals surface area (Å²) < 4.78 is 0. The third-order valence-corrected chi connectivity index (χ3v) is 6.91. The molecule has 3 rings (SSSR count). The van der Waals surface area contributed by atoms with Gasteiger partial charge in [0.15, 0.2) is 0 Å². The molecule has 0 saturated carbocycles. The topological polar surface area (TPSA) is 49.4 Å². The molecule has 0 aliphatic carbocycles. The van der Waals surface area contributed by atoms with E-state index < -0.39 is 5.25 Å². The monoisotopic (exact) mass is 410 g/mol. The normalized spacial score (nSPS) is 17.0. The van der Waals surface area contributed by atoms with Crippen LogP contribution in [0.15, 0.2) is 47.4 Å². The highest BCUT2D eigenvalue weighted by molar-refractivity contribution is 8.01. The molecule has 0 bridgehead atoms. The molecule has 29 heavy (non-hydrogen) atoms. The van der Waals surface area contributed by atoms with Crippen LogP contribution < -0.4 is 10.2 Å². The van der Waals surface area contributed by atoms with Crippen molar-refractivity contribution in [3.8, 4) is 0 Å². The van der Waals surface area contributed by atoms with E-state index in [-0.39, 0.29) is 17.7 Å².